The Hall–Kier alpha value is -0.650. The Labute approximate surface area is 131 Å². The summed E-state index contributed by atoms with van der Waals surface area (Å²) in [7, 11) is -6.09. The second-order valence-corrected chi connectivity index (χ2v) is 6.95. The maximum atomic E-state index is 10.7. The number of hydrogen-bond donors (Lipinski definition) is 0. The predicted molar refractivity (Wildman–Crippen MR) is 65.6 cm³/mol. The van der Waals surface area contributed by atoms with Crippen molar-refractivity contribution in [2.24, 2.45) is 0 Å². The zero-order valence-electron chi connectivity index (χ0n) is 9.62. The fourth-order valence-corrected chi connectivity index (χ4v) is 2.80. The zero-order chi connectivity index (χ0) is 15.4. The van der Waals surface area contributed by atoms with Gasteiger partial charge in [0.2, 0.25) is 0 Å². The van der Waals surface area contributed by atoms with Gasteiger partial charge in [-0.2, -0.15) is 13.2 Å². The Kier molecular flexibility index (Phi) is 5.98. The van der Waals surface area contributed by atoms with Gasteiger partial charge in [0.15, 0.2) is 13.7 Å². The topological polar surface area (TPSA) is 57.2 Å². The number of alkyl halides is 3. The molecule has 0 bridgehead atoms. The molecule has 110 valence electrons. The summed E-state index contributed by atoms with van der Waals surface area (Å²) in [4.78, 5) is 1.36. The third kappa shape index (κ3) is 5.04. The molecule has 0 saturated heterocycles. The lowest BCUT2D eigenvalue weighted by Crippen LogP contribution is -3.34. The lowest BCUT2D eigenvalue weighted by molar-refractivity contribution is -0.326. The minimum absolute atomic E-state index is 1.36. The van der Waals surface area contributed by atoms with Crippen molar-refractivity contribution in [2.45, 2.75) is 5.51 Å². The molecular formula is C11H8F3IO3S2. The van der Waals surface area contributed by atoms with E-state index in [1.165, 1.54) is 14.0 Å². The van der Waals surface area contributed by atoms with Crippen LogP contribution in [0.25, 0.3) is 10.4 Å². The second-order valence-electron chi connectivity index (χ2n) is 3.37. The largest absolute Gasteiger partial charge is 0.741 e. The van der Waals surface area contributed by atoms with Gasteiger partial charge in [0.25, 0.3) is 22.6 Å². The molecule has 0 saturated carbocycles. The third-order valence-corrected chi connectivity index (χ3v) is 4.44. The quantitative estimate of drug-likeness (QED) is 0.357. The summed E-state index contributed by atoms with van der Waals surface area (Å²) >= 11 is 3.87. The van der Waals surface area contributed by atoms with Gasteiger partial charge in [0.1, 0.15) is 0 Å². The molecule has 0 aliphatic heterocycles. The van der Waals surface area contributed by atoms with E-state index in [4.69, 9.17) is 13.0 Å². The number of benzene rings is 1. The molecule has 0 amide bonds. The molecule has 20 heavy (non-hydrogen) atoms. The second kappa shape index (κ2) is 6.87. The van der Waals surface area contributed by atoms with Crippen LogP contribution in [-0.2, 0) is 10.1 Å². The number of rotatable bonds is 1. The molecular weight excluding hydrogens is 428 g/mol. The molecule has 9 heteroatoms. The Balaban J connectivity index is 0.000000221. The van der Waals surface area contributed by atoms with E-state index in [9.17, 15) is 13.2 Å². The van der Waals surface area contributed by atoms with Crippen molar-refractivity contribution >= 4 is 21.5 Å². The minimum Gasteiger partial charge on any atom is -0.741 e. The first-order valence-electron chi connectivity index (χ1n) is 4.95. The standard InChI is InChI=1S/C10H8IS.CHF3O3S/c11-9-5-2-1-4-8(9)10-6-3-7-12-10;2-1(3,4)8(5,6)7/h1-7,11H;(H,5,6,7)/q+1;/p-1. The van der Waals surface area contributed by atoms with Crippen LogP contribution in [0.5, 0.6) is 0 Å². The van der Waals surface area contributed by atoms with Crippen molar-refractivity contribution in [3.05, 3.63) is 45.3 Å². The van der Waals surface area contributed by atoms with Gasteiger partial charge in [-0.25, -0.2) is 8.42 Å². The van der Waals surface area contributed by atoms with E-state index >= 15 is 0 Å². The molecule has 0 fully saturated rings. The van der Waals surface area contributed by atoms with E-state index in [-0.39, 0.29) is 0 Å². The molecule has 0 aliphatic carbocycles. The van der Waals surface area contributed by atoms with Crippen molar-refractivity contribution in [2.75, 3.05) is 0 Å². The van der Waals surface area contributed by atoms with Crippen LogP contribution >= 0.6 is 11.3 Å². The van der Waals surface area contributed by atoms with Gasteiger partial charge >= 0.3 is 5.51 Å². The lowest BCUT2D eigenvalue weighted by atomic mass is 10.2. The van der Waals surface area contributed by atoms with E-state index in [2.05, 4.69) is 64.4 Å². The lowest BCUT2D eigenvalue weighted by Gasteiger charge is -2.08. The monoisotopic (exact) mass is 436 g/mol. The van der Waals surface area contributed by atoms with Crippen LogP contribution in [0.3, 0.4) is 0 Å². The SMILES string of the molecule is O=S(=O)([O-])C(F)(F)F.[IH+]c1ccccc1-c1cccs1. The fraction of sp³-hybridized carbons (Fsp3) is 0.0909. The summed E-state index contributed by atoms with van der Waals surface area (Å²) in [6, 6.07) is 12.7. The molecule has 3 nitrogen and oxygen atoms in total. The van der Waals surface area contributed by atoms with Gasteiger partial charge in [-0.3, -0.25) is 0 Å². The smallest absolute Gasteiger partial charge is 0.485 e. The van der Waals surface area contributed by atoms with Gasteiger partial charge in [0.05, 0.1) is 0 Å². The zero-order valence-corrected chi connectivity index (χ0v) is 13.6. The van der Waals surface area contributed by atoms with Crippen LogP contribution in [-0.4, -0.2) is 18.5 Å². The molecule has 0 unspecified atom stereocenters. The first-order chi connectivity index (χ1) is 9.13. The highest BCUT2D eigenvalue weighted by molar-refractivity contribution is 7.86. The van der Waals surface area contributed by atoms with Crippen molar-refractivity contribution in [1.29, 1.82) is 0 Å². The predicted octanol–water partition coefficient (Wildman–Crippen LogP) is -0.0783. The Morgan fingerprint density at radius 2 is 1.65 bits per heavy atom. The van der Waals surface area contributed by atoms with Gasteiger partial charge < -0.3 is 4.55 Å². The summed E-state index contributed by atoms with van der Waals surface area (Å²) in [5.74, 6) is 0. The summed E-state index contributed by atoms with van der Waals surface area (Å²) in [5, 5.41) is 2.11. The van der Waals surface area contributed by atoms with E-state index in [0.717, 1.165) is 0 Å². The van der Waals surface area contributed by atoms with E-state index in [1.54, 1.807) is 11.3 Å². The van der Waals surface area contributed by atoms with Crippen molar-refractivity contribution < 1.29 is 48.7 Å². The molecule has 0 N–H and O–H groups in total. The van der Waals surface area contributed by atoms with Gasteiger partial charge in [-0.1, -0.05) is 18.2 Å². The van der Waals surface area contributed by atoms with Crippen LogP contribution in [0.2, 0.25) is 0 Å². The Morgan fingerprint density at radius 3 is 2.05 bits per heavy atom. The molecule has 0 radical (unpaired) electrons. The first-order valence-corrected chi connectivity index (χ1v) is 8.40. The molecule has 1 aromatic heterocycles. The van der Waals surface area contributed by atoms with Crippen LogP contribution in [0.4, 0.5) is 13.2 Å². The highest BCUT2D eigenvalue weighted by Crippen LogP contribution is 2.23. The maximum absolute atomic E-state index is 10.7. The van der Waals surface area contributed by atoms with E-state index in [1.807, 2.05) is 0 Å². The minimum atomic E-state index is -6.09. The Morgan fingerprint density at radius 1 is 1.10 bits per heavy atom. The van der Waals surface area contributed by atoms with Crippen molar-refractivity contribution in [3.8, 4) is 10.4 Å². The number of thiophene rings is 1. The first kappa shape index (κ1) is 17.4. The van der Waals surface area contributed by atoms with Gasteiger partial charge in [0, 0.05) is 10.4 Å². The summed E-state index contributed by atoms with van der Waals surface area (Å²) in [6.07, 6.45) is 0. The molecule has 2 rings (SSSR count). The average Bonchev–Trinajstić information content (AvgIpc) is 2.81. The molecule has 0 atom stereocenters. The van der Waals surface area contributed by atoms with Crippen LogP contribution in [0.15, 0.2) is 41.8 Å². The molecule has 0 spiro atoms. The van der Waals surface area contributed by atoms with Gasteiger partial charge in [-0.05, 0) is 23.6 Å². The molecule has 1 aromatic carbocycles. The van der Waals surface area contributed by atoms with Crippen LogP contribution in [0.1, 0.15) is 0 Å². The maximum Gasteiger partial charge on any atom is 0.485 e. The number of hydrogen-bond acceptors (Lipinski definition) is 4. The summed E-state index contributed by atoms with van der Waals surface area (Å²) in [5.41, 5.74) is -4.29. The molecule has 2 aromatic rings. The van der Waals surface area contributed by atoms with E-state index < -0.39 is 15.6 Å². The van der Waals surface area contributed by atoms with Crippen molar-refractivity contribution in [1.82, 2.24) is 0 Å². The molecule has 1 heterocycles. The van der Waals surface area contributed by atoms with Crippen LogP contribution in [0, 0.1) is 3.57 Å². The third-order valence-electron chi connectivity index (χ3n) is 1.96. The van der Waals surface area contributed by atoms with Gasteiger partial charge in [-0.15, -0.1) is 11.3 Å². The Bertz CT molecular complexity index is 652. The normalized spacial score (nSPS) is 11.7. The van der Waals surface area contributed by atoms with Crippen LogP contribution < -0.4 is 22.6 Å². The molecule has 0 aliphatic rings. The highest BCUT2D eigenvalue weighted by Gasteiger charge is 2.36. The fourth-order valence-electron chi connectivity index (χ4n) is 1.10. The van der Waals surface area contributed by atoms with Crippen molar-refractivity contribution in [3.63, 3.8) is 0 Å². The summed E-state index contributed by atoms with van der Waals surface area (Å²) in [6.45, 7) is 0. The number of halogens is 4. The van der Waals surface area contributed by atoms with E-state index in [0.29, 0.717) is 0 Å². The summed E-state index contributed by atoms with van der Waals surface area (Å²) < 4.78 is 60.3. The highest BCUT2D eigenvalue weighted by atomic mass is 127. The average molecular weight is 436 g/mol.